The summed E-state index contributed by atoms with van der Waals surface area (Å²) in [6, 6.07) is 0. The number of hydrogen-bond acceptors (Lipinski definition) is 4. The summed E-state index contributed by atoms with van der Waals surface area (Å²) in [4.78, 5) is 11.2. The molecule has 0 aromatic carbocycles. The number of hydrogen-bond donors (Lipinski definition) is 1. The van der Waals surface area contributed by atoms with Crippen LogP contribution in [0.25, 0.3) is 0 Å². The van der Waals surface area contributed by atoms with E-state index >= 15 is 0 Å². The van der Waals surface area contributed by atoms with Crippen molar-refractivity contribution >= 4 is 17.6 Å². The van der Waals surface area contributed by atoms with Gasteiger partial charge in [-0.25, -0.2) is 9.48 Å². The third-order valence-corrected chi connectivity index (χ3v) is 3.69. The average Bonchev–Trinajstić information content (AvgIpc) is 2.86. The van der Waals surface area contributed by atoms with E-state index in [-0.39, 0.29) is 5.69 Å². The number of aromatic nitrogens is 5. The molecule has 7 nitrogen and oxygen atoms in total. The van der Waals surface area contributed by atoms with Crippen LogP contribution < -0.4 is 0 Å². The summed E-state index contributed by atoms with van der Waals surface area (Å²) in [6.07, 6.45) is 0.586. The molecule has 0 unspecified atom stereocenters. The first-order valence-corrected chi connectivity index (χ1v) is 7.02. The third-order valence-electron chi connectivity index (χ3n) is 3.20. The van der Waals surface area contributed by atoms with Crippen molar-refractivity contribution in [1.29, 1.82) is 0 Å². The number of rotatable bonds is 5. The molecule has 0 bridgehead atoms. The summed E-state index contributed by atoms with van der Waals surface area (Å²) in [5, 5.41) is 21.8. The molecule has 0 amide bonds. The van der Waals surface area contributed by atoms with Gasteiger partial charge in [-0.1, -0.05) is 30.7 Å². The van der Waals surface area contributed by atoms with Crippen LogP contribution in [0, 0.1) is 12.8 Å². The quantitative estimate of drug-likeness (QED) is 0.911. The van der Waals surface area contributed by atoms with Gasteiger partial charge in [0.2, 0.25) is 0 Å². The maximum Gasteiger partial charge on any atom is 0.358 e. The highest BCUT2D eigenvalue weighted by Gasteiger charge is 2.21. The van der Waals surface area contributed by atoms with Crippen molar-refractivity contribution in [3.63, 3.8) is 0 Å². The van der Waals surface area contributed by atoms with Crippen molar-refractivity contribution in [2.45, 2.75) is 33.7 Å². The summed E-state index contributed by atoms with van der Waals surface area (Å²) in [6.45, 7) is 6.21. The number of aryl methyl sites for hydroxylation is 2. The SMILES string of the molecule is Cc1nn(C)c(Cn2nnc(C(=O)O)c2CC(C)C)c1Cl. The van der Waals surface area contributed by atoms with Crippen LogP contribution >= 0.6 is 11.6 Å². The summed E-state index contributed by atoms with van der Waals surface area (Å²) >= 11 is 6.23. The standard InChI is InChI=1S/C13H18ClN5O2/c1-7(2)5-9-12(13(20)21)15-17-19(9)6-10-11(14)8(3)16-18(10)4/h7H,5-6H2,1-4H3,(H,20,21). The second-order valence-electron chi connectivity index (χ2n) is 5.42. The van der Waals surface area contributed by atoms with Gasteiger partial charge >= 0.3 is 5.97 Å². The zero-order valence-electron chi connectivity index (χ0n) is 12.5. The number of nitrogens with zero attached hydrogens (tertiary/aromatic N) is 5. The Bertz CT molecular complexity index is 674. The fourth-order valence-electron chi connectivity index (χ4n) is 2.21. The number of carboxylic acids is 1. The molecule has 2 aromatic rings. The Kier molecular flexibility index (Phi) is 4.32. The van der Waals surface area contributed by atoms with Crippen molar-refractivity contribution in [1.82, 2.24) is 24.8 Å². The molecule has 0 aliphatic heterocycles. The van der Waals surface area contributed by atoms with Gasteiger partial charge in [-0.3, -0.25) is 4.68 Å². The van der Waals surface area contributed by atoms with Crippen molar-refractivity contribution < 1.29 is 9.90 Å². The summed E-state index contributed by atoms with van der Waals surface area (Å²) < 4.78 is 3.27. The number of aromatic carboxylic acids is 1. The van der Waals surface area contributed by atoms with Crippen molar-refractivity contribution in [2.75, 3.05) is 0 Å². The van der Waals surface area contributed by atoms with Gasteiger partial charge in [0.15, 0.2) is 5.69 Å². The molecule has 1 N–H and O–H groups in total. The molecule has 114 valence electrons. The van der Waals surface area contributed by atoms with E-state index in [2.05, 4.69) is 15.4 Å². The lowest BCUT2D eigenvalue weighted by Gasteiger charge is -2.09. The van der Waals surface area contributed by atoms with E-state index in [1.165, 1.54) is 0 Å². The van der Waals surface area contributed by atoms with Gasteiger partial charge in [0.1, 0.15) is 0 Å². The Labute approximate surface area is 127 Å². The van der Waals surface area contributed by atoms with E-state index in [4.69, 9.17) is 11.6 Å². The maximum atomic E-state index is 11.2. The number of carboxylic acid groups (broad SMARTS) is 1. The van der Waals surface area contributed by atoms with Gasteiger partial charge in [0.25, 0.3) is 0 Å². The minimum absolute atomic E-state index is 0.00119. The highest BCUT2D eigenvalue weighted by molar-refractivity contribution is 6.31. The Morgan fingerprint density at radius 1 is 1.38 bits per heavy atom. The molecular weight excluding hydrogens is 294 g/mol. The van der Waals surface area contributed by atoms with Gasteiger partial charge in [-0.15, -0.1) is 5.10 Å². The molecule has 0 spiro atoms. The molecule has 21 heavy (non-hydrogen) atoms. The highest BCUT2D eigenvalue weighted by Crippen LogP contribution is 2.21. The third kappa shape index (κ3) is 3.07. The van der Waals surface area contributed by atoms with Gasteiger partial charge < -0.3 is 5.11 Å². The van der Waals surface area contributed by atoms with Crippen LogP contribution in [0.4, 0.5) is 0 Å². The summed E-state index contributed by atoms with van der Waals surface area (Å²) in [5.74, 6) is -0.770. The van der Waals surface area contributed by atoms with Gasteiger partial charge in [0, 0.05) is 7.05 Å². The lowest BCUT2D eigenvalue weighted by Crippen LogP contribution is -2.14. The Morgan fingerprint density at radius 3 is 2.52 bits per heavy atom. The number of halogens is 1. The van der Waals surface area contributed by atoms with E-state index in [0.717, 1.165) is 11.4 Å². The van der Waals surface area contributed by atoms with Crippen LogP contribution in [0.3, 0.4) is 0 Å². The normalized spacial score (nSPS) is 11.3. The minimum Gasteiger partial charge on any atom is -0.476 e. The van der Waals surface area contributed by atoms with E-state index < -0.39 is 5.97 Å². The predicted molar refractivity (Wildman–Crippen MR) is 77.6 cm³/mol. The maximum absolute atomic E-state index is 11.2. The van der Waals surface area contributed by atoms with Crippen LogP contribution in [0.5, 0.6) is 0 Å². The van der Waals surface area contributed by atoms with E-state index in [0.29, 0.717) is 29.6 Å². The molecule has 0 aliphatic carbocycles. The first-order valence-electron chi connectivity index (χ1n) is 6.64. The Balaban J connectivity index is 2.42. The molecule has 2 heterocycles. The molecule has 0 saturated carbocycles. The van der Waals surface area contributed by atoms with E-state index in [1.807, 2.05) is 20.8 Å². The topological polar surface area (TPSA) is 85.8 Å². The zero-order chi connectivity index (χ0) is 15.7. The molecule has 0 saturated heterocycles. The lowest BCUT2D eigenvalue weighted by atomic mass is 10.1. The minimum atomic E-state index is -1.07. The van der Waals surface area contributed by atoms with Gasteiger partial charge in [0.05, 0.1) is 28.6 Å². The zero-order valence-corrected chi connectivity index (χ0v) is 13.2. The van der Waals surface area contributed by atoms with Crippen LogP contribution in [-0.2, 0) is 20.0 Å². The van der Waals surface area contributed by atoms with Crippen LogP contribution in [0.15, 0.2) is 0 Å². The molecule has 8 heteroatoms. The Hall–Kier alpha value is -1.89. The summed E-state index contributed by atoms with van der Waals surface area (Å²) in [5.41, 5.74) is 2.12. The molecule has 0 radical (unpaired) electrons. The number of carbonyl (C=O) groups is 1. The molecule has 0 fully saturated rings. The summed E-state index contributed by atoms with van der Waals surface area (Å²) in [7, 11) is 1.80. The van der Waals surface area contributed by atoms with Gasteiger partial charge in [-0.05, 0) is 19.3 Å². The first kappa shape index (κ1) is 15.5. The van der Waals surface area contributed by atoms with Gasteiger partial charge in [-0.2, -0.15) is 5.10 Å². The molecule has 0 aliphatic rings. The lowest BCUT2D eigenvalue weighted by molar-refractivity contribution is 0.0689. The largest absolute Gasteiger partial charge is 0.476 e. The smallest absolute Gasteiger partial charge is 0.358 e. The first-order chi connectivity index (χ1) is 9.81. The molecule has 0 atom stereocenters. The molecule has 2 rings (SSSR count). The van der Waals surface area contributed by atoms with Crippen molar-refractivity contribution in [3.8, 4) is 0 Å². The highest BCUT2D eigenvalue weighted by atomic mass is 35.5. The Morgan fingerprint density at radius 2 is 2.05 bits per heavy atom. The average molecular weight is 312 g/mol. The van der Waals surface area contributed by atoms with Crippen molar-refractivity contribution in [2.24, 2.45) is 13.0 Å². The molecule has 2 aromatic heterocycles. The van der Waals surface area contributed by atoms with Crippen molar-refractivity contribution in [3.05, 3.63) is 27.8 Å². The van der Waals surface area contributed by atoms with E-state index in [9.17, 15) is 9.90 Å². The second kappa shape index (κ2) is 5.85. The fourth-order valence-corrected chi connectivity index (χ4v) is 2.43. The predicted octanol–water partition coefficient (Wildman–Crippen LogP) is 1.92. The van der Waals surface area contributed by atoms with E-state index in [1.54, 1.807) is 16.4 Å². The van der Waals surface area contributed by atoms with Crippen LogP contribution in [0.2, 0.25) is 5.02 Å². The van der Waals surface area contributed by atoms with Crippen LogP contribution in [0.1, 0.15) is 41.4 Å². The second-order valence-corrected chi connectivity index (χ2v) is 5.79. The van der Waals surface area contributed by atoms with Crippen LogP contribution in [-0.4, -0.2) is 35.9 Å². The molecular formula is C13H18ClN5O2. The monoisotopic (exact) mass is 311 g/mol. The fraction of sp³-hybridized carbons (Fsp3) is 0.538.